The number of benzene rings is 2. The van der Waals surface area contributed by atoms with Gasteiger partial charge in [-0.05, 0) is 42.7 Å². The number of carbonyl (C=O) groups is 1. The first-order chi connectivity index (χ1) is 12.6. The number of hydrogen-bond acceptors (Lipinski definition) is 5. The molecule has 0 aliphatic heterocycles. The molecule has 0 bridgehead atoms. The van der Waals surface area contributed by atoms with Gasteiger partial charge in [-0.25, -0.2) is 4.98 Å². The lowest BCUT2D eigenvalue weighted by Crippen LogP contribution is -2.20. The second-order valence-electron chi connectivity index (χ2n) is 5.53. The summed E-state index contributed by atoms with van der Waals surface area (Å²) in [5, 5.41) is 6.03. The van der Waals surface area contributed by atoms with Crippen molar-refractivity contribution in [1.82, 2.24) is 9.97 Å². The number of amides is 1. The van der Waals surface area contributed by atoms with Crippen molar-refractivity contribution in [2.24, 2.45) is 0 Å². The van der Waals surface area contributed by atoms with Gasteiger partial charge in [0.2, 0.25) is 0 Å². The number of carbonyl (C=O) groups excluding carboxylic acids is 1. The number of nitrogens with zero attached hydrogens (tertiary/aromatic N) is 1. The van der Waals surface area contributed by atoms with Gasteiger partial charge in [0.05, 0.1) is 5.75 Å². The predicted octanol–water partition coefficient (Wildman–Crippen LogP) is 3.63. The van der Waals surface area contributed by atoms with Crippen molar-refractivity contribution in [2.75, 3.05) is 16.9 Å². The van der Waals surface area contributed by atoms with Gasteiger partial charge in [-0.2, -0.15) is 11.8 Å². The number of hydrogen-bond donors (Lipinski definition) is 3. The highest BCUT2D eigenvalue weighted by atomic mass is 32.2. The second kappa shape index (κ2) is 8.35. The molecule has 3 aromatic rings. The van der Waals surface area contributed by atoms with Gasteiger partial charge in [-0.1, -0.05) is 18.2 Å². The number of thioether (sulfide) groups is 1. The maximum absolute atomic E-state index is 12.3. The summed E-state index contributed by atoms with van der Waals surface area (Å²) in [6.45, 7) is 0. The van der Waals surface area contributed by atoms with E-state index in [0.29, 0.717) is 17.3 Å². The van der Waals surface area contributed by atoms with Crippen LogP contribution in [0.2, 0.25) is 0 Å². The van der Waals surface area contributed by atoms with E-state index in [1.165, 1.54) is 17.8 Å². The highest BCUT2D eigenvalue weighted by Gasteiger charge is 2.10. The predicted molar refractivity (Wildman–Crippen MR) is 106 cm³/mol. The van der Waals surface area contributed by atoms with Gasteiger partial charge in [0.1, 0.15) is 11.5 Å². The summed E-state index contributed by atoms with van der Waals surface area (Å²) >= 11 is 1.52. The van der Waals surface area contributed by atoms with E-state index in [9.17, 15) is 9.59 Å². The average Bonchev–Trinajstić information content (AvgIpc) is 2.64. The maximum Gasteiger partial charge on any atom is 0.274 e. The molecule has 3 N–H and O–H groups in total. The molecule has 1 heterocycles. The molecule has 1 amide bonds. The first-order valence-corrected chi connectivity index (χ1v) is 9.36. The zero-order chi connectivity index (χ0) is 18.4. The van der Waals surface area contributed by atoms with E-state index in [4.69, 9.17) is 0 Å². The summed E-state index contributed by atoms with van der Waals surface area (Å²) in [7, 11) is 0. The third-order valence-corrected chi connectivity index (χ3v) is 4.07. The Morgan fingerprint density at radius 1 is 1.04 bits per heavy atom. The third kappa shape index (κ3) is 4.73. The van der Waals surface area contributed by atoms with Crippen LogP contribution in [0, 0.1) is 0 Å². The Morgan fingerprint density at radius 3 is 2.38 bits per heavy atom. The summed E-state index contributed by atoms with van der Waals surface area (Å²) in [6, 6.07) is 18.3. The van der Waals surface area contributed by atoms with Crippen molar-refractivity contribution in [2.45, 2.75) is 5.75 Å². The first-order valence-electron chi connectivity index (χ1n) is 7.97. The van der Waals surface area contributed by atoms with Crippen molar-refractivity contribution in [3.05, 3.63) is 82.5 Å². The van der Waals surface area contributed by atoms with Crippen LogP contribution in [0.1, 0.15) is 16.3 Å². The van der Waals surface area contributed by atoms with Gasteiger partial charge >= 0.3 is 0 Å². The Labute approximate surface area is 155 Å². The monoisotopic (exact) mass is 366 g/mol. The number of anilines is 3. The van der Waals surface area contributed by atoms with Crippen molar-refractivity contribution in [3.63, 3.8) is 0 Å². The number of aromatic amines is 1. The van der Waals surface area contributed by atoms with Crippen molar-refractivity contribution >= 4 is 34.7 Å². The SMILES string of the molecule is CSCc1nc(C(=O)Nc2ccc(Nc3ccccc3)cc2)cc(=O)[nH]1. The van der Waals surface area contributed by atoms with E-state index in [2.05, 4.69) is 20.6 Å². The van der Waals surface area contributed by atoms with E-state index in [-0.39, 0.29) is 11.3 Å². The van der Waals surface area contributed by atoms with Crippen LogP contribution in [0.15, 0.2) is 65.5 Å². The minimum atomic E-state index is -0.415. The topological polar surface area (TPSA) is 86.9 Å². The second-order valence-corrected chi connectivity index (χ2v) is 6.40. The van der Waals surface area contributed by atoms with Gasteiger partial charge in [-0.3, -0.25) is 9.59 Å². The van der Waals surface area contributed by atoms with E-state index in [0.717, 1.165) is 11.4 Å². The number of aromatic nitrogens is 2. The van der Waals surface area contributed by atoms with Crippen LogP contribution in [-0.4, -0.2) is 22.1 Å². The molecule has 0 radical (unpaired) electrons. The Balaban J connectivity index is 1.69. The molecule has 0 saturated carbocycles. The number of rotatable bonds is 6. The lowest BCUT2D eigenvalue weighted by Gasteiger charge is -2.09. The summed E-state index contributed by atoms with van der Waals surface area (Å²) < 4.78 is 0. The van der Waals surface area contributed by atoms with E-state index >= 15 is 0 Å². The molecule has 1 aromatic heterocycles. The molecule has 0 saturated heterocycles. The Bertz CT molecular complexity index is 940. The smallest absolute Gasteiger partial charge is 0.274 e. The Hall–Kier alpha value is -3.06. The molecule has 0 aliphatic rings. The van der Waals surface area contributed by atoms with Crippen molar-refractivity contribution < 1.29 is 4.79 Å². The molecule has 0 spiro atoms. The molecule has 26 heavy (non-hydrogen) atoms. The molecule has 6 nitrogen and oxygen atoms in total. The van der Waals surface area contributed by atoms with E-state index < -0.39 is 5.91 Å². The molecule has 7 heteroatoms. The number of para-hydroxylation sites is 1. The maximum atomic E-state index is 12.3. The van der Waals surface area contributed by atoms with Crippen molar-refractivity contribution in [1.29, 1.82) is 0 Å². The van der Waals surface area contributed by atoms with Gasteiger partial charge in [0.15, 0.2) is 0 Å². The Kier molecular flexibility index (Phi) is 5.70. The molecule has 0 aliphatic carbocycles. The van der Waals surface area contributed by atoms with Crippen LogP contribution < -0.4 is 16.2 Å². The summed E-state index contributed by atoms with van der Waals surface area (Å²) in [5.74, 6) is 0.607. The summed E-state index contributed by atoms with van der Waals surface area (Å²) in [6.07, 6.45) is 1.90. The van der Waals surface area contributed by atoms with Crippen molar-refractivity contribution in [3.8, 4) is 0 Å². The van der Waals surface area contributed by atoms with Crippen LogP contribution in [0.4, 0.5) is 17.1 Å². The van der Waals surface area contributed by atoms with Gasteiger partial charge in [0, 0.05) is 23.1 Å². The first kappa shape index (κ1) is 17.8. The molecular formula is C19H18N4O2S. The summed E-state index contributed by atoms with van der Waals surface area (Å²) in [4.78, 5) is 30.8. The van der Waals surface area contributed by atoms with Gasteiger partial charge in [0.25, 0.3) is 11.5 Å². The minimum absolute atomic E-state index is 0.101. The normalized spacial score (nSPS) is 10.3. The van der Waals surface area contributed by atoms with Crippen LogP contribution in [0.3, 0.4) is 0 Å². The van der Waals surface area contributed by atoms with Crippen LogP contribution in [0.25, 0.3) is 0 Å². The number of H-pyrrole nitrogens is 1. The van der Waals surface area contributed by atoms with E-state index in [1.54, 1.807) is 12.1 Å². The third-order valence-electron chi connectivity index (χ3n) is 3.51. The molecule has 3 rings (SSSR count). The summed E-state index contributed by atoms with van der Waals surface area (Å²) in [5.41, 5.74) is 2.28. The molecule has 2 aromatic carbocycles. The van der Waals surface area contributed by atoms with E-state index in [1.807, 2.05) is 48.7 Å². The van der Waals surface area contributed by atoms with Crippen LogP contribution in [0.5, 0.6) is 0 Å². The quantitative estimate of drug-likeness (QED) is 0.620. The van der Waals surface area contributed by atoms with Gasteiger partial charge < -0.3 is 15.6 Å². The molecule has 0 fully saturated rings. The lowest BCUT2D eigenvalue weighted by molar-refractivity contribution is 0.102. The fraction of sp³-hybridized carbons (Fsp3) is 0.105. The van der Waals surface area contributed by atoms with Crippen LogP contribution >= 0.6 is 11.8 Å². The zero-order valence-corrected chi connectivity index (χ0v) is 15.0. The average molecular weight is 366 g/mol. The minimum Gasteiger partial charge on any atom is -0.356 e. The molecule has 0 atom stereocenters. The standard InChI is InChI=1S/C19H18N4O2S/c1-26-12-17-22-16(11-18(24)23-17)19(25)21-15-9-7-14(8-10-15)20-13-5-3-2-4-6-13/h2-11,20H,12H2,1H3,(H,21,25)(H,22,23,24). The van der Waals surface area contributed by atoms with Gasteiger partial charge in [-0.15, -0.1) is 0 Å². The molecular weight excluding hydrogens is 348 g/mol. The fourth-order valence-corrected chi connectivity index (χ4v) is 2.76. The highest BCUT2D eigenvalue weighted by molar-refractivity contribution is 7.97. The molecule has 132 valence electrons. The zero-order valence-electron chi connectivity index (χ0n) is 14.2. The lowest BCUT2D eigenvalue weighted by atomic mass is 10.2. The Morgan fingerprint density at radius 2 is 1.69 bits per heavy atom. The number of nitrogens with one attached hydrogen (secondary N) is 3. The largest absolute Gasteiger partial charge is 0.356 e. The van der Waals surface area contributed by atoms with Crippen LogP contribution in [-0.2, 0) is 5.75 Å². The highest BCUT2D eigenvalue weighted by Crippen LogP contribution is 2.19. The molecule has 0 unspecified atom stereocenters. The fourth-order valence-electron chi connectivity index (χ4n) is 2.35.